The number of hydrogen-bond donors (Lipinski definition) is 1. The highest BCUT2D eigenvalue weighted by Gasteiger charge is 2.27. The molecule has 160 valence electrons. The van der Waals surface area contributed by atoms with E-state index >= 15 is 0 Å². The van der Waals surface area contributed by atoms with E-state index in [1.807, 2.05) is 35.9 Å². The van der Waals surface area contributed by atoms with Crippen LogP contribution >= 0.6 is 0 Å². The van der Waals surface area contributed by atoms with E-state index < -0.39 is 4.92 Å². The van der Waals surface area contributed by atoms with Gasteiger partial charge in [0.15, 0.2) is 0 Å². The SMILES string of the molecule is Cc1cc2n(n1)C(c1ccc(OCc3ccc([N+](=O)[O-])cc3)cc1)Nc1c(C)cccc1-2. The van der Waals surface area contributed by atoms with Crippen LogP contribution < -0.4 is 10.1 Å². The minimum absolute atomic E-state index is 0.0723. The number of fused-ring (bicyclic) bond motifs is 3. The number of hydrogen-bond acceptors (Lipinski definition) is 5. The molecule has 0 saturated carbocycles. The van der Waals surface area contributed by atoms with Crippen LogP contribution in [-0.2, 0) is 6.61 Å². The van der Waals surface area contributed by atoms with E-state index in [2.05, 4.69) is 36.5 Å². The van der Waals surface area contributed by atoms with Gasteiger partial charge in [0.1, 0.15) is 18.5 Å². The molecule has 3 aromatic carbocycles. The van der Waals surface area contributed by atoms with Crippen molar-refractivity contribution < 1.29 is 9.66 Å². The van der Waals surface area contributed by atoms with Crippen molar-refractivity contribution in [3.63, 3.8) is 0 Å². The maximum Gasteiger partial charge on any atom is 0.269 e. The molecule has 0 bridgehead atoms. The predicted octanol–water partition coefficient (Wildman–Crippen LogP) is 5.63. The van der Waals surface area contributed by atoms with Crippen LogP contribution in [0.25, 0.3) is 11.3 Å². The van der Waals surface area contributed by atoms with Gasteiger partial charge in [0.2, 0.25) is 0 Å². The number of aromatic nitrogens is 2. The Morgan fingerprint density at radius 2 is 1.81 bits per heavy atom. The van der Waals surface area contributed by atoms with Crippen molar-refractivity contribution in [1.29, 1.82) is 0 Å². The molecule has 1 aliphatic heterocycles. The molecule has 32 heavy (non-hydrogen) atoms. The number of ether oxygens (including phenoxy) is 1. The summed E-state index contributed by atoms with van der Waals surface area (Å²) in [4.78, 5) is 10.4. The molecule has 0 aliphatic carbocycles. The van der Waals surface area contributed by atoms with Crippen molar-refractivity contribution in [3.05, 3.63) is 105 Å². The van der Waals surface area contributed by atoms with Gasteiger partial charge in [0, 0.05) is 23.4 Å². The lowest BCUT2D eigenvalue weighted by molar-refractivity contribution is -0.384. The lowest BCUT2D eigenvalue weighted by Crippen LogP contribution is -2.26. The van der Waals surface area contributed by atoms with Crippen molar-refractivity contribution in [3.8, 4) is 17.0 Å². The summed E-state index contributed by atoms with van der Waals surface area (Å²) >= 11 is 0. The topological polar surface area (TPSA) is 82.2 Å². The summed E-state index contributed by atoms with van der Waals surface area (Å²) in [6, 6.07) is 22.7. The molecule has 1 unspecified atom stereocenters. The number of nitrogens with zero attached hydrogens (tertiary/aromatic N) is 3. The zero-order chi connectivity index (χ0) is 22.2. The van der Waals surface area contributed by atoms with Gasteiger partial charge in [-0.15, -0.1) is 0 Å². The van der Waals surface area contributed by atoms with Gasteiger partial charge in [-0.25, -0.2) is 4.68 Å². The summed E-state index contributed by atoms with van der Waals surface area (Å²) in [6.07, 6.45) is -0.115. The summed E-state index contributed by atoms with van der Waals surface area (Å²) in [5.41, 5.74) is 7.58. The number of non-ortho nitro benzene ring substituents is 1. The van der Waals surface area contributed by atoms with Gasteiger partial charge >= 0.3 is 0 Å². The zero-order valence-corrected chi connectivity index (χ0v) is 17.8. The second kappa shape index (κ2) is 7.85. The fourth-order valence-corrected chi connectivity index (χ4v) is 4.04. The molecule has 2 heterocycles. The highest BCUT2D eigenvalue weighted by Crippen LogP contribution is 2.40. The molecule has 1 atom stereocenters. The molecule has 4 aromatic rings. The lowest BCUT2D eigenvalue weighted by atomic mass is 10.0. The smallest absolute Gasteiger partial charge is 0.269 e. The van der Waals surface area contributed by atoms with Crippen LogP contribution in [0.4, 0.5) is 11.4 Å². The third-order valence-electron chi connectivity index (χ3n) is 5.68. The molecular weight excluding hydrogens is 404 g/mol. The van der Waals surface area contributed by atoms with E-state index in [1.54, 1.807) is 12.1 Å². The Balaban J connectivity index is 1.36. The molecule has 0 amide bonds. The largest absolute Gasteiger partial charge is 0.489 e. The van der Waals surface area contributed by atoms with Crippen LogP contribution in [0, 0.1) is 24.0 Å². The number of nitro benzene ring substituents is 1. The van der Waals surface area contributed by atoms with Gasteiger partial charge < -0.3 is 10.1 Å². The van der Waals surface area contributed by atoms with Crippen molar-refractivity contribution in [2.24, 2.45) is 0 Å². The summed E-state index contributed by atoms with van der Waals surface area (Å²) in [5.74, 6) is 0.733. The predicted molar refractivity (Wildman–Crippen MR) is 123 cm³/mol. The molecule has 0 radical (unpaired) electrons. The Hall–Kier alpha value is -4.13. The van der Waals surface area contributed by atoms with Crippen LogP contribution in [-0.4, -0.2) is 14.7 Å². The standard InChI is InChI=1S/C25H22N4O3/c1-16-4-3-5-22-23-14-17(2)27-28(23)25(26-24(16)22)19-8-12-21(13-9-19)32-15-18-6-10-20(11-7-18)29(30)31/h3-14,25-26H,15H2,1-2H3. The Morgan fingerprint density at radius 3 is 2.53 bits per heavy atom. The van der Waals surface area contributed by atoms with Gasteiger partial charge in [-0.3, -0.25) is 10.1 Å². The van der Waals surface area contributed by atoms with Gasteiger partial charge in [0.25, 0.3) is 5.69 Å². The third kappa shape index (κ3) is 3.58. The summed E-state index contributed by atoms with van der Waals surface area (Å²) in [6.45, 7) is 4.46. The van der Waals surface area contributed by atoms with Gasteiger partial charge in [-0.2, -0.15) is 5.10 Å². The van der Waals surface area contributed by atoms with Crippen molar-refractivity contribution in [1.82, 2.24) is 9.78 Å². The number of benzene rings is 3. The monoisotopic (exact) mass is 426 g/mol. The number of aryl methyl sites for hydroxylation is 2. The van der Waals surface area contributed by atoms with E-state index in [0.717, 1.165) is 39.5 Å². The minimum Gasteiger partial charge on any atom is -0.489 e. The van der Waals surface area contributed by atoms with Gasteiger partial charge in [-0.05, 0) is 60.9 Å². The summed E-state index contributed by atoms with van der Waals surface area (Å²) in [7, 11) is 0. The number of nitro groups is 1. The molecule has 0 fully saturated rings. The molecule has 1 aromatic heterocycles. The Morgan fingerprint density at radius 1 is 1.06 bits per heavy atom. The maximum absolute atomic E-state index is 10.8. The fraction of sp³-hybridized carbons (Fsp3) is 0.160. The second-order valence-corrected chi connectivity index (χ2v) is 7.94. The van der Waals surface area contributed by atoms with Gasteiger partial charge in [0.05, 0.1) is 16.3 Å². The summed E-state index contributed by atoms with van der Waals surface area (Å²) in [5, 5.41) is 19.2. The molecule has 0 saturated heterocycles. The van der Waals surface area contributed by atoms with E-state index in [4.69, 9.17) is 9.84 Å². The molecule has 0 spiro atoms. The number of anilines is 1. The molecule has 1 N–H and O–H groups in total. The molecular formula is C25H22N4O3. The minimum atomic E-state index is -0.408. The Labute approximate surface area is 185 Å². The molecule has 5 rings (SSSR count). The number of rotatable bonds is 5. The fourth-order valence-electron chi connectivity index (χ4n) is 4.04. The van der Waals surface area contributed by atoms with E-state index in [-0.39, 0.29) is 11.9 Å². The first kappa shape index (κ1) is 19.8. The zero-order valence-electron chi connectivity index (χ0n) is 17.8. The second-order valence-electron chi connectivity index (χ2n) is 7.94. The van der Waals surface area contributed by atoms with Crippen LogP contribution in [0.2, 0.25) is 0 Å². The number of nitrogens with one attached hydrogen (secondary N) is 1. The third-order valence-corrected chi connectivity index (χ3v) is 5.68. The average Bonchev–Trinajstić information content (AvgIpc) is 3.20. The molecule has 7 nitrogen and oxygen atoms in total. The van der Waals surface area contributed by atoms with Crippen LogP contribution in [0.15, 0.2) is 72.8 Å². The van der Waals surface area contributed by atoms with Crippen molar-refractivity contribution in [2.75, 3.05) is 5.32 Å². The van der Waals surface area contributed by atoms with Crippen molar-refractivity contribution >= 4 is 11.4 Å². The van der Waals surface area contributed by atoms with Crippen LogP contribution in [0.1, 0.15) is 28.6 Å². The van der Waals surface area contributed by atoms with Crippen LogP contribution in [0.5, 0.6) is 5.75 Å². The van der Waals surface area contributed by atoms with Crippen molar-refractivity contribution in [2.45, 2.75) is 26.6 Å². The first-order valence-electron chi connectivity index (χ1n) is 10.4. The average molecular weight is 426 g/mol. The quantitative estimate of drug-likeness (QED) is 0.330. The van der Waals surface area contributed by atoms with E-state index in [1.165, 1.54) is 17.7 Å². The Kier molecular flexibility index (Phi) is 4.86. The molecule has 7 heteroatoms. The summed E-state index contributed by atoms with van der Waals surface area (Å²) < 4.78 is 7.90. The van der Waals surface area contributed by atoms with Gasteiger partial charge in [-0.1, -0.05) is 30.3 Å². The molecule has 1 aliphatic rings. The first-order chi connectivity index (χ1) is 15.5. The first-order valence-corrected chi connectivity index (χ1v) is 10.4. The Bertz CT molecular complexity index is 1290. The lowest BCUT2D eigenvalue weighted by Gasteiger charge is -2.30. The normalized spacial score (nSPS) is 14.2. The van der Waals surface area contributed by atoms with Crippen LogP contribution in [0.3, 0.4) is 0 Å². The highest BCUT2D eigenvalue weighted by molar-refractivity contribution is 5.81. The number of para-hydroxylation sites is 1. The maximum atomic E-state index is 10.8. The highest BCUT2D eigenvalue weighted by atomic mass is 16.6. The van der Waals surface area contributed by atoms with E-state index in [0.29, 0.717) is 6.61 Å². The van der Waals surface area contributed by atoms with E-state index in [9.17, 15) is 10.1 Å².